The lowest BCUT2D eigenvalue weighted by Crippen LogP contribution is -2.30. The van der Waals surface area contributed by atoms with Gasteiger partial charge >= 0.3 is 5.97 Å². The Kier molecular flexibility index (Phi) is 8.11. The quantitative estimate of drug-likeness (QED) is 0.608. The molecule has 1 atom stereocenters. The van der Waals surface area contributed by atoms with Gasteiger partial charge in [-0.05, 0) is 24.7 Å². The third-order valence-electron chi connectivity index (χ3n) is 2.43. The van der Waals surface area contributed by atoms with Crippen molar-refractivity contribution in [2.24, 2.45) is 11.8 Å². The number of amides is 1. The second kappa shape index (κ2) is 8.79. The van der Waals surface area contributed by atoms with Crippen LogP contribution in [0.2, 0.25) is 0 Å². The van der Waals surface area contributed by atoms with Crippen molar-refractivity contribution < 1.29 is 14.7 Å². The van der Waals surface area contributed by atoms with Crippen LogP contribution in [0.5, 0.6) is 0 Å². The van der Waals surface area contributed by atoms with E-state index >= 15 is 0 Å². The molecular formula is C13H23NO3. The predicted octanol–water partition coefficient (Wildman–Crippen LogP) is 2.21. The zero-order chi connectivity index (χ0) is 13.3. The van der Waals surface area contributed by atoms with Gasteiger partial charge in [-0.15, -0.1) is 6.58 Å². The SMILES string of the molecule is C=CCCC(=O)NCC(CC(=O)O)CC(C)C. The Morgan fingerprint density at radius 3 is 2.53 bits per heavy atom. The van der Waals surface area contributed by atoms with E-state index in [0.29, 0.717) is 25.3 Å². The van der Waals surface area contributed by atoms with Crippen molar-refractivity contribution in [1.29, 1.82) is 0 Å². The minimum Gasteiger partial charge on any atom is -0.481 e. The summed E-state index contributed by atoms with van der Waals surface area (Å²) in [7, 11) is 0. The van der Waals surface area contributed by atoms with E-state index in [4.69, 9.17) is 5.11 Å². The van der Waals surface area contributed by atoms with Gasteiger partial charge < -0.3 is 10.4 Å². The maximum Gasteiger partial charge on any atom is 0.303 e. The lowest BCUT2D eigenvalue weighted by atomic mass is 9.94. The first-order valence-corrected chi connectivity index (χ1v) is 6.05. The van der Waals surface area contributed by atoms with Gasteiger partial charge in [0.2, 0.25) is 5.91 Å². The molecule has 0 spiro atoms. The largest absolute Gasteiger partial charge is 0.481 e. The fraction of sp³-hybridized carbons (Fsp3) is 0.692. The number of carboxylic acid groups (broad SMARTS) is 1. The van der Waals surface area contributed by atoms with E-state index in [9.17, 15) is 9.59 Å². The van der Waals surface area contributed by atoms with Crippen LogP contribution in [0.3, 0.4) is 0 Å². The van der Waals surface area contributed by atoms with Crippen LogP contribution in [-0.4, -0.2) is 23.5 Å². The minimum absolute atomic E-state index is 0.0141. The summed E-state index contributed by atoms with van der Waals surface area (Å²) in [5, 5.41) is 11.6. The third kappa shape index (κ3) is 9.60. The number of carbonyl (C=O) groups is 2. The summed E-state index contributed by atoms with van der Waals surface area (Å²) in [4.78, 5) is 22.1. The Hall–Kier alpha value is -1.32. The Balaban J connectivity index is 4.01. The van der Waals surface area contributed by atoms with Gasteiger partial charge in [-0.1, -0.05) is 19.9 Å². The molecule has 0 radical (unpaired) electrons. The summed E-state index contributed by atoms with van der Waals surface area (Å²) >= 11 is 0. The molecule has 0 bridgehead atoms. The first kappa shape index (κ1) is 15.7. The number of aliphatic carboxylic acids is 1. The summed E-state index contributed by atoms with van der Waals surface area (Å²) in [5.74, 6) is -0.398. The highest BCUT2D eigenvalue weighted by Gasteiger charge is 2.15. The average molecular weight is 241 g/mol. The molecule has 0 saturated carbocycles. The van der Waals surface area contributed by atoms with Crippen molar-refractivity contribution in [3.63, 3.8) is 0 Å². The Bertz CT molecular complexity index is 261. The van der Waals surface area contributed by atoms with Crippen molar-refractivity contribution in [3.05, 3.63) is 12.7 Å². The van der Waals surface area contributed by atoms with Crippen LogP contribution >= 0.6 is 0 Å². The Morgan fingerprint density at radius 2 is 2.06 bits per heavy atom. The molecule has 0 heterocycles. The normalized spacial score (nSPS) is 12.2. The minimum atomic E-state index is -0.809. The summed E-state index contributed by atoms with van der Waals surface area (Å²) in [6.07, 6.45) is 3.70. The van der Waals surface area contributed by atoms with Crippen LogP contribution in [0.25, 0.3) is 0 Å². The van der Waals surface area contributed by atoms with Crippen LogP contribution in [0.1, 0.15) is 39.5 Å². The van der Waals surface area contributed by atoms with Gasteiger partial charge in [0.1, 0.15) is 0 Å². The molecule has 0 aliphatic rings. The van der Waals surface area contributed by atoms with Crippen molar-refractivity contribution in [3.8, 4) is 0 Å². The standard InChI is InChI=1S/C13H23NO3/c1-4-5-6-12(15)14-9-11(7-10(2)3)8-13(16)17/h4,10-11H,1,5-9H2,2-3H3,(H,14,15)(H,16,17). The maximum absolute atomic E-state index is 11.4. The zero-order valence-corrected chi connectivity index (χ0v) is 10.7. The van der Waals surface area contributed by atoms with Crippen molar-refractivity contribution in [2.45, 2.75) is 39.5 Å². The molecule has 0 fully saturated rings. The highest BCUT2D eigenvalue weighted by atomic mass is 16.4. The number of allylic oxidation sites excluding steroid dienone is 1. The van der Waals surface area contributed by atoms with Crippen LogP contribution in [-0.2, 0) is 9.59 Å². The lowest BCUT2D eigenvalue weighted by Gasteiger charge is -2.17. The molecule has 0 aromatic carbocycles. The van der Waals surface area contributed by atoms with Crippen LogP contribution in [0.4, 0.5) is 0 Å². The summed E-state index contributed by atoms with van der Waals surface area (Å²) in [6.45, 7) is 8.09. The number of hydrogen-bond donors (Lipinski definition) is 2. The van der Waals surface area contributed by atoms with Gasteiger partial charge in [0.05, 0.1) is 0 Å². The van der Waals surface area contributed by atoms with E-state index in [1.165, 1.54) is 0 Å². The predicted molar refractivity (Wildman–Crippen MR) is 67.6 cm³/mol. The van der Waals surface area contributed by atoms with Gasteiger partial charge in [0.25, 0.3) is 0 Å². The number of rotatable bonds is 9. The van der Waals surface area contributed by atoms with E-state index in [1.54, 1.807) is 6.08 Å². The second-order valence-corrected chi connectivity index (χ2v) is 4.72. The molecule has 1 unspecified atom stereocenters. The van der Waals surface area contributed by atoms with E-state index in [-0.39, 0.29) is 18.2 Å². The molecule has 0 rings (SSSR count). The highest BCUT2D eigenvalue weighted by molar-refractivity contribution is 5.76. The van der Waals surface area contributed by atoms with Gasteiger partial charge in [0.15, 0.2) is 0 Å². The summed E-state index contributed by atoms with van der Waals surface area (Å²) < 4.78 is 0. The molecule has 4 heteroatoms. The molecule has 1 amide bonds. The topological polar surface area (TPSA) is 66.4 Å². The summed E-state index contributed by atoms with van der Waals surface area (Å²) in [5.41, 5.74) is 0. The third-order valence-corrected chi connectivity index (χ3v) is 2.43. The molecule has 0 aliphatic carbocycles. The molecule has 4 nitrogen and oxygen atoms in total. The second-order valence-electron chi connectivity index (χ2n) is 4.72. The van der Waals surface area contributed by atoms with E-state index in [2.05, 4.69) is 11.9 Å². The monoisotopic (exact) mass is 241 g/mol. The molecule has 0 saturated heterocycles. The van der Waals surface area contributed by atoms with E-state index in [0.717, 1.165) is 6.42 Å². The average Bonchev–Trinajstić information content (AvgIpc) is 2.21. The number of carboxylic acids is 1. The number of carbonyl (C=O) groups excluding carboxylic acids is 1. The first-order chi connectivity index (χ1) is 7.95. The fourth-order valence-electron chi connectivity index (χ4n) is 1.73. The van der Waals surface area contributed by atoms with Crippen LogP contribution in [0, 0.1) is 11.8 Å². The fourth-order valence-corrected chi connectivity index (χ4v) is 1.73. The summed E-state index contributed by atoms with van der Waals surface area (Å²) in [6, 6.07) is 0. The molecule has 0 aromatic heterocycles. The number of hydrogen-bond acceptors (Lipinski definition) is 2. The van der Waals surface area contributed by atoms with Gasteiger partial charge in [-0.2, -0.15) is 0 Å². The smallest absolute Gasteiger partial charge is 0.303 e. The maximum atomic E-state index is 11.4. The van der Waals surface area contributed by atoms with E-state index in [1.807, 2.05) is 13.8 Å². The van der Waals surface area contributed by atoms with Crippen molar-refractivity contribution in [2.75, 3.05) is 6.54 Å². The molecule has 0 aliphatic heterocycles. The molecule has 2 N–H and O–H groups in total. The van der Waals surface area contributed by atoms with Gasteiger partial charge in [0, 0.05) is 19.4 Å². The van der Waals surface area contributed by atoms with Crippen LogP contribution < -0.4 is 5.32 Å². The van der Waals surface area contributed by atoms with Crippen LogP contribution in [0.15, 0.2) is 12.7 Å². The molecular weight excluding hydrogens is 218 g/mol. The molecule has 98 valence electrons. The molecule has 0 aromatic rings. The first-order valence-electron chi connectivity index (χ1n) is 6.05. The van der Waals surface area contributed by atoms with Gasteiger partial charge in [-0.3, -0.25) is 9.59 Å². The zero-order valence-electron chi connectivity index (χ0n) is 10.7. The highest BCUT2D eigenvalue weighted by Crippen LogP contribution is 2.14. The number of nitrogens with one attached hydrogen (secondary N) is 1. The van der Waals surface area contributed by atoms with Crippen molar-refractivity contribution >= 4 is 11.9 Å². The Morgan fingerprint density at radius 1 is 1.41 bits per heavy atom. The Labute approximate surface area is 103 Å². The van der Waals surface area contributed by atoms with Crippen molar-refractivity contribution in [1.82, 2.24) is 5.32 Å². The van der Waals surface area contributed by atoms with E-state index < -0.39 is 5.97 Å². The molecule has 17 heavy (non-hydrogen) atoms. The lowest BCUT2D eigenvalue weighted by molar-refractivity contribution is -0.138. The van der Waals surface area contributed by atoms with Gasteiger partial charge in [-0.25, -0.2) is 0 Å².